The van der Waals surface area contributed by atoms with Gasteiger partial charge in [-0.25, -0.2) is 9.37 Å². The van der Waals surface area contributed by atoms with Crippen molar-refractivity contribution < 1.29 is 13.9 Å². The Hall–Kier alpha value is -2.63. The number of benzene rings is 1. The molecule has 1 heterocycles. The highest BCUT2D eigenvalue weighted by Crippen LogP contribution is 2.25. The van der Waals surface area contributed by atoms with Gasteiger partial charge in [-0.3, -0.25) is 4.79 Å². The second kappa shape index (κ2) is 5.34. The number of nitrogens with two attached hydrogens (primary N) is 2. The molecule has 0 spiro atoms. The first-order valence-corrected chi connectivity index (χ1v) is 5.51. The van der Waals surface area contributed by atoms with Crippen LogP contribution in [0, 0.1) is 5.82 Å². The number of hydrogen-bond acceptors (Lipinski definition) is 4. The lowest BCUT2D eigenvalue weighted by atomic mass is 10.1. The van der Waals surface area contributed by atoms with Crippen LogP contribution in [0.1, 0.15) is 5.56 Å². The summed E-state index contributed by atoms with van der Waals surface area (Å²) in [5.41, 5.74) is 11.0. The fourth-order valence-corrected chi connectivity index (χ4v) is 1.56. The van der Waals surface area contributed by atoms with Gasteiger partial charge in [0.1, 0.15) is 11.6 Å². The van der Waals surface area contributed by atoms with E-state index in [2.05, 4.69) is 4.98 Å². The maximum absolute atomic E-state index is 13.8. The highest BCUT2D eigenvalue weighted by Gasteiger charge is 2.08. The molecule has 0 saturated carbocycles. The molecule has 0 atom stereocenters. The SMILES string of the molecule is NC(=O)Cc1ccc(Oc2ccnc(N)c2)c(F)c1. The van der Waals surface area contributed by atoms with Crippen LogP contribution >= 0.6 is 0 Å². The predicted octanol–water partition coefficient (Wildman–Crippen LogP) is 1.62. The first-order valence-electron chi connectivity index (χ1n) is 5.51. The fraction of sp³-hybridized carbons (Fsp3) is 0.0769. The monoisotopic (exact) mass is 261 g/mol. The minimum atomic E-state index is -0.575. The summed E-state index contributed by atoms with van der Waals surface area (Å²) in [7, 11) is 0. The Morgan fingerprint density at radius 3 is 2.74 bits per heavy atom. The van der Waals surface area contributed by atoms with Crippen LogP contribution in [0.3, 0.4) is 0 Å². The highest BCUT2D eigenvalue weighted by molar-refractivity contribution is 5.76. The molecule has 0 bridgehead atoms. The third-order valence-corrected chi connectivity index (χ3v) is 2.36. The number of halogens is 1. The van der Waals surface area contributed by atoms with E-state index in [1.807, 2.05) is 0 Å². The maximum Gasteiger partial charge on any atom is 0.221 e. The number of nitrogens with zero attached hydrogens (tertiary/aromatic N) is 1. The van der Waals surface area contributed by atoms with E-state index in [0.29, 0.717) is 11.3 Å². The second-order valence-electron chi connectivity index (χ2n) is 3.93. The third-order valence-electron chi connectivity index (χ3n) is 2.36. The number of hydrogen-bond donors (Lipinski definition) is 2. The van der Waals surface area contributed by atoms with Gasteiger partial charge in [-0.2, -0.15) is 0 Å². The number of pyridine rings is 1. The quantitative estimate of drug-likeness (QED) is 0.874. The van der Waals surface area contributed by atoms with Gasteiger partial charge in [0.2, 0.25) is 5.91 Å². The Labute approximate surface area is 109 Å². The minimum absolute atomic E-state index is 0.0145. The number of amides is 1. The maximum atomic E-state index is 13.8. The van der Waals surface area contributed by atoms with E-state index in [4.69, 9.17) is 16.2 Å². The zero-order chi connectivity index (χ0) is 13.8. The number of carbonyl (C=O) groups excluding carboxylic acids is 1. The number of anilines is 1. The van der Waals surface area contributed by atoms with Gasteiger partial charge >= 0.3 is 0 Å². The van der Waals surface area contributed by atoms with Gasteiger partial charge in [0, 0.05) is 12.3 Å². The van der Waals surface area contributed by atoms with Gasteiger partial charge in [0.15, 0.2) is 11.6 Å². The predicted molar refractivity (Wildman–Crippen MR) is 68.0 cm³/mol. The van der Waals surface area contributed by atoms with E-state index in [-0.39, 0.29) is 18.0 Å². The van der Waals surface area contributed by atoms with Gasteiger partial charge in [-0.05, 0) is 23.8 Å². The molecule has 98 valence electrons. The number of primary amides is 1. The van der Waals surface area contributed by atoms with Crippen LogP contribution in [-0.4, -0.2) is 10.9 Å². The number of ether oxygens (including phenoxy) is 1. The van der Waals surface area contributed by atoms with Gasteiger partial charge in [-0.15, -0.1) is 0 Å². The van der Waals surface area contributed by atoms with Crippen LogP contribution in [-0.2, 0) is 11.2 Å². The van der Waals surface area contributed by atoms with Gasteiger partial charge < -0.3 is 16.2 Å². The Kier molecular flexibility index (Phi) is 3.61. The molecule has 2 aromatic rings. The summed E-state index contributed by atoms with van der Waals surface area (Å²) >= 11 is 0. The Balaban J connectivity index is 2.19. The fourth-order valence-electron chi connectivity index (χ4n) is 1.56. The number of rotatable bonds is 4. The molecule has 0 aliphatic heterocycles. The average Bonchev–Trinajstić information content (AvgIpc) is 2.32. The van der Waals surface area contributed by atoms with Crippen LogP contribution in [0.4, 0.5) is 10.2 Å². The lowest BCUT2D eigenvalue weighted by molar-refractivity contribution is -0.117. The van der Waals surface area contributed by atoms with Gasteiger partial charge in [0.25, 0.3) is 0 Å². The average molecular weight is 261 g/mol. The molecule has 1 amide bonds. The van der Waals surface area contributed by atoms with Crippen LogP contribution < -0.4 is 16.2 Å². The van der Waals surface area contributed by atoms with Crippen LogP contribution in [0.25, 0.3) is 0 Å². The number of aromatic nitrogens is 1. The van der Waals surface area contributed by atoms with Crippen molar-refractivity contribution in [3.63, 3.8) is 0 Å². The van der Waals surface area contributed by atoms with Crippen molar-refractivity contribution in [1.82, 2.24) is 4.98 Å². The normalized spacial score (nSPS) is 10.2. The molecular formula is C13H12FN3O2. The van der Waals surface area contributed by atoms with Crippen molar-refractivity contribution in [3.8, 4) is 11.5 Å². The molecule has 2 rings (SSSR count). The van der Waals surface area contributed by atoms with Crippen molar-refractivity contribution in [2.75, 3.05) is 5.73 Å². The summed E-state index contributed by atoms with van der Waals surface area (Å²) in [6.45, 7) is 0. The zero-order valence-electron chi connectivity index (χ0n) is 9.97. The van der Waals surface area contributed by atoms with Crippen LogP contribution in [0.15, 0.2) is 36.5 Å². The lowest BCUT2D eigenvalue weighted by Crippen LogP contribution is -2.13. The summed E-state index contributed by atoms with van der Waals surface area (Å²) in [6, 6.07) is 7.27. The molecular weight excluding hydrogens is 249 g/mol. The third kappa shape index (κ3) is 3.41. The molecule has 4 N–H and O–H groups in total. The van der Waals surface area contributed by atoms with Crippen LogP contribution in [0.5, 0.6) is 11.5 Å². The first-order chi connectivity index (χ1) is 9.04. The molecule has 1 aromatic carbocycles. The highest BCUT2D eigenvalue weighted by atomic mass is 19.1. The van der Waals surface area contributed by atoms with E-state index in [0.717, 1.165) is 0 Å². The van der Waals surface area contributed by atoms with E-state index >= 15 is 0 Å². The van der Waals surface area contributed by atoms with Crippen molar-refractivity contribution in [2.45, 2.75) is 6.42 Å². The molecule has 0 aliphatic rings. The molecule has 1 aromatic heterocycles. The van der Waals surface area contributed by atoms with E-state index < -0.39 is 11.7 Å². The standard InChI is InChI=1S/C13H12FN3O2/c14-10-5-8(6-13(16)18)1-2-11(10)19-9-3-4-17-12(15)7-9/h1-5,7H,6H2,(H2,15,17)(H2,16,18). The van der Waals surface area contributed by atoms with Crippen molar-refractivity contribution >= 4 is 11.7 Å². The largest absolute Gasteiger partial charge is 0.454 e. The van der Waals surface area contributed by atoms with E-state index in [1.165, 1.54) is 24.4 Å². The van der Waals surface area contributed by atoms with E-state index in [1.54, 1.807) is 12.1 Å². The zero-order valence-corrected chi connectivity index (χ0v) is 9.97. The smallest absolute Gasteiger partial charge is 0.221 e. The summed E-state index contributed by atoms with van der Waals surface area (Å²) in [5.74, 6) is -0.389. The number of carbonyl (C=O) groups is 1. The lowest BCUT2D eigenvalue weighted by Gasteiger charge is -2.08. The molecule has 0 radical (unpaired) electrons. The van der Waals surface area contributed by atoms with Crippen molar-refractivity contribution in [1.29, 1.82) is 0 Å². The van der Waals surface area contributed by atoms with Crippen molar-refractivity contribution in [3.05, 3.63) is 47.9 Å². The Bertz CT molecular complexity index is 617. The summed E-state index contributed by atoms with van der Waals surface area (Å²) < 4.78 is 19.1. The number of nitrogen functional groups attached to an aromatic ring is 1. The second-order valence-corrected chi connectivity index (χ2v) is 3.93. The summed E-state index contributed by atoms with van der Waals surface area (Å²) in [4.78, 5) is 14.5. The molecule has 19 heavy (non-hydrogen) atoms. The van der Waals surface area contributed by atoms with E-state index in [9.17, 15) is 9.18 Å². The topological polar surface area (TPSA) is 91.2 Å². The first kappa shape index (κ1) is 12.8. The summed E-state index contributed by atoms with van der Waals surface area (Å²) in [5, 5.41) is 0. The molecule has 0 unspecified atom stereocenters. The molecule has 0 fully saturated rings. The molecule has 5 nitrogen and oxygen atoms in total. The Morgan fingerprint density at radius 1 is 1.32 bits per heavy atom. The van der Waals surface area contributed by atoms with Crippen LogP contribution in [0.2, 0.25) is 0 Å². The minimum Gasteiger partial charge on any atom is -0.454 e. The van der Waals surface area contributed by atoms with Gasteiger partial charge in [-0.1, -0.05) is 6.07 Å². The molecule has 6 heteroatoms. The Morgan fingerprint density at radius 2 is 2.11 bits per heavy atom. The van der Waals surface area contributed by atoms with Gasteiger partial charge in [0.05, 0.1) is 6.42 Å². The van der Waals surface area contributed by atoms with Crippen molar-refractivity contribution in [2.24, 2.45) is 5.73 Å². The molecule has 0 aliphatic carbocycles. The molecule has 0 saturated heterocycles. The summed E-state index contributed by atoms with van der Waals surface area (Å²) in [6.07, 6.45) is 1.45.